The molecule has 0 bridgehead atoms. The van der Waals surface area contributed by atoms with Gasteiger partial charge in [-0.05, 0) is 19.1 Å². The van der Waals surface area contributed by atoms with Crippen molar-refractivity contribution in [3.63, 3.8) is 0 Å². The molecule has 21 heavy (non-hydrogen) atoms. The molecule has 0 aliphatic rings. The van der Waals surface area contributed by atoms with Gasteiger partial charge in [0.1, 0.15) is 11.6 Å². The monoisotopic (exact) mass is 327 g/mol. The van der Waals surface area contributed by atoms with E-state index in [1.807, 2.05) is 6.92 Å². The molecule has 0 spiro atoms. The normalized spacial score (nSPS) is 10.7. The Labute approximate surface area is 132 Å². The molecule has 0 aliphatic carbocycles. The zero-order chi connectivity index (χ0) is 15.6. The average Bonchev–Trinajstić information content (AvgIpc) is 2.76. The van der Waals surface area contributed by atoms with Crippen LogP contribution in [0.4, 0.5) is 5.82 Å². The largest absolute Gasteiger partial charge is 0.461 e. The highest BCUT2D eigenvalue weighted by molar-refractivity contribution is 6.37. The summed E-state index contributed by atoms with van der Waals surface area (Å²) in [6, 6.07) is 5.14. The van der Waals surface area contributed by atoms with Gasteiger partial charge in [-0.15, -0.1) is 0 Å². The number of nitrogens with zero attached hydrogens (tertiary/aromatic N) is 2. The maximum Gasteiger partial charge on any atom is 0.360 e. The summed E-state index contributed by atoms with van der Waals surface area (Å²) in [5.74, 6) is 0.192. The Morgan fingerprint density at radius 1 is 1.33 bits per heavy atom. The van der Waals surface area contributed by atoms with Gasteiger partial charge in [0, 0.05) is 6.42 Å². The highest BCUT2D eigenvalue weighted by Gasteiger charge is 2.23. The van der Waals surface area contributed by atoms with Gasteiger partial charge in [-0.25, -0.2) is 9.78 Å². The van der Waals surface area contributed by atoms with Crippen molar-refractivity contribution in [3.05, 3.63) is 39.8 Å². The first-order valence-electron chi connectivity index (χ1n) is 6.49. The zero-order valence-corrected chi connectivity index (χ0v) is 13.2. The third-order valence-electron chi connectivity index (χ3n) is 2.93. The van der Waals surface area contributed by atoms with Crippen molar-refractivity contribution in [1.29, 1.82) is 0 Å². The summed E-state index contributed by atoms with van der Waals surface area (Å²) in [6.45, 7) is 3.87. The lowest BCUT2D eigenvalue weighted by Gasteiger charge is -2.12. The van der Waals surface area contributed by atoms with Gasteiger partial charge in [-0.1, -0.05) is 36.2 Å². The molecule has 1 aromatic carbocycles. The predicted octanol–water partition coefficient (Wildman–Crippen LogP) is 3.50. The minimum absolute atomic E-state index is 0.0738. The molecule has 5 nitrogen and oxygen atoms in total. The van der Waals surface area contributed by atoms with E-state index in [0.29, 0.717) is 28.0 Å². The summed E-state index contributed by atoms with van der Waals surface area (Å²) >= 11 is 12.4. The topological polar surface area (TPSA) is 70.1 Å². The first-order chi connectivity index (χ1) is 10.0. The molecule has 2 rings (SSSR count). The Morgan fingerprint density at radius 2 is 1.95 bits per heavy atom. The summed E-state index contributed by atoms with van der Waals surface area (Å²) in [4.78, 5) is 16.2. The Hall–Kier alpha value is -1.72. The van der Waals surface area contributed by atoms with Crippen molar-refractivity contribution in [2.75, 3.05) is 12.3 Å². The molecule has 0 saturated heterocycles. The van der Waals surface area contributed by atoms with Crippen LogP contribution in [0.1, 0.15) is 30.2 Å². The van der Waals surface area contributed by atoms with Gasteiger partial charge >= 0.3 is 5.97 Å². The van der Waals surface area contributed by atoms with E-state index in [-0.39, 0.29) is 18.1 Å². The van der Waals surface area contributed by atoms with Gasteiger partial charge in [0.25, 0.3) is 0 Å². The van der Waals surface area contributed by atoms with E-state index < -0.39 is 5.97 Å². The Bertz CT molecular complexity index is 663. The predicted molar refractivity (Wildman–Crippen MR) is 83.3 cm³/mol. The van der Waals surface area contributed by atoms with Gasteiger partial charge in [0.05, 0.1) is 22.3 Å². The zero-order valence-electron chi connectivity index (χ0n) is 11.7. The molecular weight excluding hydrogens is 313 g/mol. The molecule has 0 radical (unpaired) electrons. The standard InChI is InChI=1S/C14H15Cl2N3O2/c1-3-10-18-11(14(20)21-4-2)13(17)19(10)12-8(15)6-5-7-9(12)16/h5-7H,3-4,17H2,1-2H3. The fraction of sp³-hybridized carbons (Fsp3) is 0.286. The molecular formula is C14H15Cl2N3O2. The molecule has 1 heterocycles. The molecule has 0 aliphatic heterocycles. The van der Waals surface area contributed by atoms with E-state index in [2.05, 4.69) is 4.98 Å². The average molecular weight is 328 g/mol. The van der Waals surface area contributed by atoms with Crippen LogP contribution < -0.4 is 5.73 Å². The Kier molecular flexibility index (Phi) is 4.75. The van der Waals surface area contributed by atoms with Crippen molar-refractivity contribution in [2.24, 2.45) is 0 Å². The number of rotatable bonds is 4. The number of para-hydroxylation sites is 1. The lowest BCUT2D eigenvalue weighted by Crippen LogP contribution is -2.10. The molecule has 0 saturated carbocycles. The van der Waals surface area contributed by atoms with Crippen molar-refractivity contribution in [1.82, 2.24) is 9.55 Å². The van der Waals surface area contributed by atoms with Crippen molar-refractivity contribution in [2.45, 2.75) is 20.3 Å². The van der Waals surface area contributed by atoms with Crippen LogP contribution in [0, 0.1) is 0 Å². The third kappa shape index (κ3) is 2.84. The highest BCUT2D eigenvalue weighted by Crippen LogP contribution is 2.32. The third-order valence-corrected chi connectivity index (χ3v) is 3.54. The number of nitrogens with two attached hydrogens (primary N) is 1. The number of aromatic nitrogens is 2. The Morgan fingerprint density at radius 3 is 2.48 bits per heavy atom. The van der Waals surface area contributed by atoms with E-state index in [1.54, 1.807) is 29.7 Å². The van der Waals surface area contributed by atoms with Crippen LogP contribution in [0.25, 0.3) is 5.69 Å². The van der Waals surface area contributed by atoms with E-state index in [0.717, 1.165) is 0 Å². The fourth-order valence-electron chi connectivity index (χ4n) is 2.02. The molecule has 0 unspecified atom stereocenters. The number of carbonyl (C=O) groups is 1. The van der Waals surface area contributed by atoms with E-state index in [9.17, 15) is 4.79 Å². The smallest absolute Gasteiger partial charge is 0.360 e. The van der Waals surface area contributed by atoms with E-state index >= 15 is 0 Å². The number of nitrogen functional groups attached to an aromatic ring is 1. The van der Waals surface area contributed by atoms with Gasteiger partial charge in [-0.2, -0.15) is 0 Å². The highest BCUT2D eigenvalue weighted by atomic mass is 35.5. The molecule has 7 heteroatoms. The number of hydrogen-bond acceptors (Lipinski definition) is 4. The van der Waals surface area contributed by atoms with Crippen LogP contribution in [-0.4, -0.2) is 22.1 Å². The maximum absolute atomic E-state index is 11.9. The van der Waals surface area contributed by atoms with Gasteiger partial charge < -0.3 is 10.5 Å². The molecule has 2 N–H and O–H groups in total. The number of carbonyl (C=O) groups excluding carboxylic acids is 1. The lowest BCUT2D eigenvalue weighted by molar-refractivity contribution is 0.0521. The summed E-state index contributed by atoms with van der Waals surface area (Å²) in [5, 5.41) is 0.855. The summed E-state index contributed by atoms with van der Waals surface area (Å²) in [6.07, 6.45) is 0.561. The summed E-state index contributed by atoms with van der Waals surface area (Å²) in [7, 11) is 0. The maximum atomic E-state index is 11.9. The van der Waals surface area contributed by atoms with Crippen LogP contribution in [0.3, 0.4) is 0 Å². The minimum Gasteiger partial charge on any atom is -0.461 e. The quantitative estimate of drug-likeness (QED) is 0.872. The fourth-order valence-corrected chi connectivity index (χ4v) is 2.59. The van der Waals surface area contributed by atoms with E-state index in [1.165, 1.54) is 0 Å². The second kappa shape index (κ2) is 6.37. The molecule has 0 amide bonds. The second-order valence-corrected chi connectivity index (χ2v) is 5.06. The molecule has 0 atom stereocenters. The molecule has 0 fully saturated rings. The minimum atomic E-state index is -0.563. The number of benzene rings is 1. The number of ether oxygens (including phenoxy) is 1. The number of anilines is 1. The first-order valence-corrected chi connectivity index (χ1v) is 7.25. The van der Waals surface area contributed by atoms with Crippen LogP contribution in [0.5, 0.6) is 0 Å². The lowest BCUT2D eigenvalue weighted by atomic mass is 10.3. The van der Waals surface area contributed by atoms with Gasteiger partial charge in [0.2, 0.25) is 0 Å². The number of halogens is 2. The van der Waals surface area contributed by atoms with Crippen LogP contribution in [0.2, 0.25) is 10.0 Å². The molecule has 112 valence electrons. The second-order valence-electron chi connectivity index (χ2n) is 4.24. The molecule has 1 aromatic heterocycles. The summed E-state index contributed by atoms with van der Waals surface area (Å²) < 4.78 is 6.55. The van der Waals surface area contributed by atoms with Crippen molar-refractivity contribution >= 4 is 35.0 Å². The van der Waals surface area contributed by atoms with Crippen molar-refractivity contribution in [3.8, 4) is 5.69 Å². The number of hydrogen-bond donors (Lipinski definition) is 1. The molecule has 2 aromatic rings. The van der Waals surface area contributed by atoms with Gasteiger partial charge in [0.15, 0.2) is 5.69 Å². The first kappa shape index (κ1) is 15.7. The van der Waals surface area contributed by atoms with Gasteiger partial charge in [-0.3, -0.25) is 4.57 Å². The van der Waals surface area contributed by atoms with Crippen LogP contribution in [0.15, 0.2) is 18.2 Å². The van der Waals surface area contributed by atoms with Crippen molar-refractivity contribution < 1.29 is 9.53 Å². The number of imidazole rings is 1. The van der Waals surface area contributed by atoms with E-state index in [4.69, 9.17) is 33.7 Å². The SMILES string of the molecule is CCOC(=O)c1nc(CC)n(-c2c(Cl)cccc2Cl)c1N. The number of esters is 1. The summed E-state index contributed by atoms with van der Waals surface area (Å²) in [5.41, 5.74) is 6.65. The Balaban J connectivity index is 2.66. The van der Waals surface area contributed by atoms with Crippen LogP contribution >= 0.6 is 23.2 Å². The number of aryl methyl sites for hydroxylation is 1. The van der Waals surface area contributed by atoms with Crippen LogP contribution in [-0.2, 0) is 11.2 Å².